The van der Waals surface area contributed by atoms with Gasteiger partial charge in [0.1, 0.15) is 11.4 Å². The summed E-state index contributed by atoms with van der Waals surface area (Å²) in [6.45, 7) is 2.36. The molecule has 3 fully saturated rings. The van der Waals surface area contributed by atoms with Crippen molar-refractivity contribution in [2.75, 3.05) is 13.1 Å². The van der Waals surface area contributed by atoms with Crippen LogP contribution in [0.25, 0.3) is 0 Å². The number of aliphatic imine (C=N–C) groups is 1. The summed E-state index contributed by atoms with van der Waals surface area (Å²) in [5.74, 6) is 0.867. The van der Waals surface area contributed by atoms with Crippen molar-refractivity contribution >= 4 is 17.4 Å². The Hall–Kier alpha value is -0.320. The summed E-state index contributed by atoms with van der Waals surface area (Å²) in [6, 6.07) is 0.654. The molecular weight excluding hydrogens is 322 g/mol. The lowest BCUT2D eigenvalue weighted by molar-refractivity contribution is -0.0681. The molecule has 6 unspecified atom stereocenters. The highest BCUT2D eigenvalue weighted by atomic mass is 35.5. The summed E-state index contributed by atoms with van der Waals surface area (Å²) in [5, 5.41) is 12.0. The number of amidine groups is 1. The van der Waals surface area contributed by atoms with Crippen molar-refractivity contribution in [1.82, 2.24) is 4.90 Å². The van der Waals surface area contributed by atoms with Crippen molar-refractivity contribution in [3.8, 4) is 0 Å². The van der Waals surface area contributed by atoms with Crippen LogP contribution >= 0.6 is 11.6 Å². The highest BCUT2D eigenvalue weighted by Crippen LogP contribution is 2.49. The predicted octanol–water partition coefficient (Wildman–Crippen LogP) is 2.91. The number of aliphatic hydroxyl groups is 1. The van der Waals surface area contributed by atoms with Crippen LogP contribution in [0.5, 0.6) is 0 Å². The topological polar surface area (TPSA) is 61.9 Å². The molecule has 1 saturated heterocycles. The molecule has 5 heteroatoms. The van der Waals surface area contributed by atoms with E-state index in [4.69, 9.17) is 22.3 Å². The van der Waals surface area contributed by atoms with E-state index in [1.54, 1.807) is 0 Å². The normalized spacial score (nSPS) is 47.2. The molecule has 0 aromatic carbocycles. The number of hydrogen-bond donors (Lipinski definition) is 2. The molecule has 2 aliphatic carbocycles. The number of likely N-dealkylation sites (tertiary alicyclic amines) is 1. The second-order valence-electron chi connectivity index (χ2n) is 8.48. The monoisotopic (exact) mass is 353 g/mol. The summed E-state index contributed by atoms with van der Waals surface area (Å²) < 4.78 is 0. The van der Waals surface area contributed by atoms with Crippen LogP contribution in [-0.2, 0) is 0 Å². The van der Waals surface area contributed by atoms with Crippen molar-refractivity contribution in [2.45, 2.75) is 87.3 Å². The highest BCUT2D eigenvalue weighted by Gasteiger charge is 2.58. The Morgan fingerprint density at radius 3 is 2.54 bits per heavy atom. The number of hydrogen-bond acceptors (Lipinski definition) is 4. The number of piperidine rings is 1. The smallest absolute Gasteiger partial charge is 0.130 e. The maximum atomic E-state index is 11.9. The first-order valence-corrected chi connectivity index (χ1v) is 10.5. The summed E-state index contributed by atoms with van der Waals surface area (Å²) in [7, 11) is 0. The van der Waals surface area contributed by atoms with Gasteiger partial charge in [0.25, 0.3) is 0 Å². The van der Waals surface area contributed by atoms with Crippen LogP contribution in [0, 0.1) is 11.8 Å². The molecule has 4 aliphatic rings. The quantitative estimate of drug-likeness (QED) is 0.750. The third-order valence-electron chi connectivity index (χ3n) is 7.18. The Bertz CT molecular complexity index is 493. The summed E-state index contributed by atoms with van der Waals surface area (Å²) in [5.41, 5.74) is 5.45. The number of alkyl halides is 1. The van der Waals surface area contributed by atoms with Crippen molar-refractivity contribution in [1.29, 1.82) is 0 Å². The Labute approximate surface area is 150 Å². The average molecular weight is 354 g/mol. The molecule has 0 bridgehead atoms. The second kappa shape index (κ2) is 6.77. The van der Waals surface area contributed by atoms with Gasteiger partial charge in [-0.25, -0.2) is 0 Å². The first kappa shape index (κ1) is 17.1. The van der Waals surface area contributed by atoms with E-state index in [9.17, 15) is 5.11 Å². The molecule has 4 rings (SSSR count). The molecule has 0 spiro atoms. The van der Waals surface area contributed by atoms with Crippen LogP contribution in [0.1, 0.15) is 64.2 Å². The fourth-order valence-electron chi connectivity index (χ4n) is 5.98. The Balaban J connectivity index is 1.62. The number of rotatable bonds is 2. The zero-order chi connectivity index (χ0) is 16.7. The van der Waals surface area contributed by atoms with E-state index < -0.39 is 5.60 Å². The lowest BCUT2D eigenvalue weighted by atomic mass is 9.64. The largest absolute Gasteiger partial charge is 0.385 e. The van der Waals surface area contributed by atoms with Crippen molar-refractivity contribution in [3.05, 3.63) is 0 Å². The van der Waals surface area contributed by atoms with Gasteiger partial charge in [-0.05, 0) is 58.0 Å². The van der Waals surface area contributed by atoms with Crippen molar-refractivity contribution in [2.24, 2.45) is 22.6 Å². The van der Waals surface area contributed by atoms with Crippen molar-refractivity contribution in [3.63, 3.8) is 0 Å². The molecule has 4 nitrogen and oxygen atoms in total. The third-order valence-corrected chi connectivity index (χ3v) is 7.58. The van der Waals surface area contributed by atoms with Gasteiger partial charge in [-0.2, -0.15) is 0 Å². The number of nitrogens with two attached hydrogens (primary N) is 1. The lowest BCUT2D eigenvalue weighted by Crippen LogP contribution is -2.61. The van der Waals surface area contributed by atoms with E-state index in [2.05, 4.69) is 4.90 Å². The molecule has 3 N–H and O–H groups in total. The van der Waals surface area contributed by atoms with Crippen LogP contribution in [0.2, 0.25) is 0 Å². The number of halogens is 1. The predicted molar refractivity (Wildman–Crippen MR) is 98.5 cm³/mol. The van der Waals surface area contributed by atoms with Crippen LogP contribution in [-0.4, -0.2) is 52.0 Å². The Morgan fingerprint density at radius 1 is 1.00 bits per heavy atom. The number of fused-ring (bicyclic) bond motifs is 1. The molecule has 0 amide bonds. The van der Waals surface area contributed by atoms with Crippen LogP contribution in [0.3, 0.4) is 0 Å². The molecule has 0 aromatic heterocycles. The minimum Gasteiger partial charge on any atom is -0.385 e. The molecule has 2 saturated carbocycles. The van der Waals surface area contributed by atoms with Crippen LogP contribution in [0.15, 0.2) is 4.99 Å². The van der Waals surface area contributed by atoms with Gasteiger partial charge in [-0.3, -0.25) is 9.89 Å². The van der Waals surface area contributed by atoms with E-state index >= 15 is 0 Å². The van der Waals surface area contributed by atoms with Gasteiger partial charge >= 0.3 is 0 Å². The maximum absolute atomic E-state index is 11.9. The summed E-state index contributed by atoms with van der Waals surface area (Å²) >= 11 is 6.47. The van der Waals surface area contributed by atoms with Gasteiger partial charge in [0.2, 0.25) is 0 Å². The lowest BCUT2D eigenvalue weighted by Gasteiger charge is -2.50. The number of nitrogens with zero attached hydrogens (tertiary/aromatic N) is 2. The highest BCUT2D eigenvalue weighted by molar-refractivity contribution is 6.20. The third kappa shape index (κ3) is 2.79. The fourth-order valence-corrected chi connectivity index (χ4v) is 6.30. The molecule has 2 heterocycles. The minimum atomic E-state index is -0.930. The molecular formula is C19H32ClN3O. The van der Waals surface area contributed by atoms with E-state index in [1.165, 1.54) is 51.6 Å². The van der Waals surface area contributed by atoms with Crippen molar-refractivity contribution < 1.29 is 5.11 Å². The second-order valence-corrected chi connectivity index (χ2v) is 9.10. The molecule has 2 aliphatic heterocycles. The van der Waals surface area contributed by atoms with Crippen LogP contribution in [0.4, 0.5) is 0 Å². The minimum absolute atomic E-state index is 0.129. The zero-order valence-corrected chi connectivity index (χ0v) is 15.4. The average Bonchev–Trinajstić information content (AvgIpc) is 2.87. The molecule has 0 radical (unpaired) electrons. The van der Waals surface area contributed by atoms with Crippen LogP contribution < -0.4 is 5.73 Å². The van der Waals surface area contributed by atoms with E-state index in [0.29, 0.717) is 11.9 Å². The first-order chi connectivity index (χ1) is 11.6. The molecule has 0 aromatic rings. The van der Waals surface area contributed by atoms with Gasteiger partial charge in [0.05, 0.1) is 6.04 Å². The van der Waals surface area contributed by atoms with E-state index in [0.717, 1.165) is 25.7 Å². The zero-order valence-electron chi connectivity index (χ0n) is 14.7. The fraction of sp³-hybridized carbons (Fsp3) is 0.947. The first-order valence-electron chi connectivity index (χ1n) is 10.0. The molecule has 24 heavy (non-hydrogen) atoms. The molecule has 6 atom stereocenters. The van der Waals surface area contributed by atoms with Gasteiger partial charge < -0.3 is 10.8 Å². The van der Waals surface area contributed by atoms with Gasteiger partial charge in [0, 0.05) is 23.3 Å². The van der Waals surface area contributed by atoms with E-state index in [-0.39, 0.29) is 23.3 Å². The van der Waals surface area contributed by atoms with Gasteiger partial charge in [-0.15, -0.1) is 11.6 Å². The Morgan fingerprint density at radius 2 is 1.75 bits per heavy atom. The SMILES string of the molecule is NC1=NC2CCC(Cl)CC2C1(O)C1CCCCC1N1CCCCC1. The summed E-state index contributed by atoms with van der Waals surface area (Å²) in [6.07, 6.45) is 11.5. The molecule has 136 valence electrons. The maximum Gasteiger partial charge on any atom is 0.130 e. The van der Waals surface area contributed by atoms with Gasteiger partial charge in [-0.1, -0.05) is 19.3 Å². The van der Waals surface area contributed by atoms with Gasteiger partial charge in [0.15, 0.2) is 0 Å². The summed E-state index contributed by atoms with van der Waals surface area (Å²) in [4.78, 5) is 7.37. The van der Waals surface area contributed by atoms with E-state index in [1.807, 2.05) is 0 Å². The Kier molecular flexibility index (Phi) is 4.83. The standard InChI is InChI=1S/C19H32ClN3O/c20-13-8-9-16-15(12-13)19(24,18(21)22-16)14-6-2-3-7-17(14)23-10-4-1-5-11-23/h13-17,24H,1-12H2,(H2,21,22).